The van der Waals surface area contributed by atoms with Crippen LogP contribution in [0.15, 0.2) is 35.7 Å². The Balaban J connectivity index is 1.73. The van der Waals surface area contributed by atoms with Crippen LogP contribution in [0.4, 0.5) is 0 Å². The molecule has 0 spiro atoms. The number of hydrogen-bond donors (Lipinski definition) is 2. The van der Waals surface area contributed by atoms with Crippen LogP contribution in [0.1, 0.15) is 10.6 Å². The van der Waals surface area contributed by atoms with Gasteiger partial charge in [0.25, 0.3) is 0 Å². The first-order valence-electron chi connectivity index (χ1n) is 7.20. The Morgan fingerprint density at radius 3 is 2.75 bits per heavy atom. The number of methoxy groups -OCH3 is 1. The van der Waals surface area contributed by atoms with Gasteiger partial charge >= 0.3 is 0 Å². The van der Waals surface area contributed by atoms with Gasteiger partial charge in [0, 0.05) is 11.5 Å². The largest absolute Gasteiger partial charge is 0.507 e. The van der Waals surface area contributed by atoms with Crippen LogP contribution in [-0.2, 0) is 0 Å². The molecule has 6 heteroatoms. The number of phenols is 2. The van der Waals surface area contributed by atoms with Crippen LogP contribution in [0.5, 0.6) is 17.2 Å². The second-order valence-electron chi connectivity index (χ2n) is 5.22. The van der Waals surface area contributed by atoms with Crippen LogP contribution in [0.2, 0.25) is 0 Å². The third-order valence-corrected chi connectivity index (χ3v) is 5.60. The van der Waals surface area contributed by atoms with Gasteiger partial charge in [0.05, 0.1) is 22.0 Å². The number of nitrogens with zero attached hydrogens (tertiary/aromatic N) is 1. The van der Waals surface area contributed by atoms with Crippen molar-refractivity contribution in [2.45, 2.75) is 0 Å². The lowest BCUT2D eigenvalue weighted by atomic mass is 10.2. The van der Waals surface area contributed by atoms with Gasteiger partial charge in [0.2, 0.25) is 0 Å². The van der Waals surface area contributed by atoms with Crippen molar-refractivity contribution in [1.82, 2.24) is 4.98 Å². The standard InChI is InChI=1S/C18H13NO3S2/c1-22-14-4-2-10(8-13(14)21)3-5-16-19-17-15(24-16)9-12(20)11-6-7-23-18(11)17/h2-9,20-21H,1H3/b5-3+. The van der Waals surface area contributed by atoms with Crippen LogP contribution in [-0.4, -0.2) is 22.3 Å². The van der Waals surface area contributed by atoms with Crippen LogP contribution in [0, 0.1) is 0 Å². The smallest absolute Gasteiger partial charge is 0.160 e. The van der Waals surface area contributed by atoms with Gasteiger partial charge in [-0.3, -0.25) is 0 Å². The van der Waals surface area contributed by atoms with Crippen molar-refractivity contribution in [2.75, 3.05) is 7.11 Å². The first-order chi connectivity index (χ1) is 11.7. The number of thiazole rings is 1. The lowest BCUT2D eigenvalue weighted by molar-refractivity contribution is 0.373. The molecule has 0 aliphatic rings. The van der Waals surface area contributed by atoms with Crippen molar-refractivity contribution in [2.24, 2.45) is 0 Å². The Morgan fingerprint density at radius 1 is 1.08 bits per heavy atom. The van der Waals surface area contributed by atoms with Gasteiger partial charge < -0.3 is 14.9 Å². The molecule has 120 valence electrons. The van der Waals surface area contributed by atoms with E-state index in [4.69, 9.17) is 4.74 Å². The van der Waals surface area contributed by atoms with Crippen molar-refractivity contribution < 1.29 is 14.9 Å². The summed E-state index contributed by atoms with van der Waals surface area (Å²) in [6, 6.07) is 8.90. The zero-order chi connectivity index (χ0) is 16.7. The van der Waals surface area contributed by atoms with Gasteiger partial charge in [-0.2, -0.15) is 0 Å². The summed E-state index contributed by atoms with van der Waals surface area (Å²) >= 11 is 3.10. The molecule has 0 saturated heterocycles. The number of aromatic hydroxyl groups is 2. The topological polar surface area (TPSA) is 62.6 Å². The third-order valence-electron chi connectivity index (χ3n) is 3.72. The minimum absolute atomic E-state index is 0.106. The van der Waals surface area contributed by atoms with Crippen LogP contribution >= 0.6 is 22.7 Å². The van der Waals surface area contributed by atoms with Gasteiger partial charge in [0.15, 0.2) is 11.5 Å². The van der Waals surface area contributed by atoms with E-state index in [0.29, 0.717) is 5.75 Å². The monoisotopic (exact) mass is 355 g/mol. The molecule has 2 N–H and O–H groups in total. The highest BCUT2D eigenvalue weighted by molar-refractivity contribution is 7.22. The molecule has 4 aromatic rings. The van der Waals surface area contributed by atoms with Gasteiger partial charge in [-0.15, -0.1) is 22.7 Å². The fraction of sp³-hybridized carbons (Fsp3) is 0.0556. The molecule has 2 aromatic carbocycles. The molecule has 4 nitrogen and oxygen atoms in total. The van der Waals surface area contributed by atoms with E-state index in [-0.39, 0.29) is 11.5 Å². The molecule has 0 aliphatic heterocycles. The number of benzene rings is 2. The lowest BCUT2D eigenvalue weighted by Crippen LogP contribution is -1.83. The summed E-state index contributed by atoms with van der Waals surface area (Å²) in [5, 5.41) is 23.6. The summed E-state index contributed by atoms with van der Waals surface area (Å²) < 4.78 is 7.00. The van der Waals surface area contributed by atoms with E-state index >= 15 is 0 Å². The predicted octanol–water partition coefficient (Wildman–Crippen LogP) is 5.10. The molecule has 2 heterocycles. The Labute approximate surface area is 145 Å². The Morgan fingerprint density at radius 2 is 1.96 bits per heavy atom. The van der Waals surface area contributed by atoms with Gasteiger partial charge in [-0.25, -0.2) is 4.98 Å². The molecular formula is C18H13NO3S2. The minimum atomic E-state index is 0.106. The molecule has 4 rings (SSSR count). The number of hydrogen-bond acceptors (Lipinski definition) is 6. The van der Waals surface area contributed by atoms with Crippen molar-refractivity contribution in [3.05, 3.63) is 46.3 Å². The molecule has 0 bridgehead atoms. The summed E-state index contributed by atoms with van der Waals surface area (Å²) in [7, 11) is 1.52. The normalized spacial score (nSPS) is 11.7. The lowest BCUT2D eigenvalue weighted by Gasteiger charge is -2.02. The van der Waals surface area contributed by atoms with E-state index in [9.17, 15) is 10.2 Å². The molecule has 0 radical (unpaired) electrons. The highest BCUT2D eigenvalue weighted by Gasteiger charge is 2.11. The van der Waals surface area contributed by atoms with Crippen molar-refractivity contribution in [3.63, 3.8) is 0 Å². The SMILES string of the molecule is COc1ccc(/C=C/c2nc3c(cc(O)c4ccsc43)s2)cc1O. The van der Waals surface area contributed by atoms with Gasteiger partial charge in [-0.05, 0) is 35.2 Å². The van der Waals surface area contributed by atoms with Crippen LogP contribution < -0.4 is 4.74 Å². The van der Waals surface area contributed by atoms with Crippen LogP contribution in [0.3, 0.4) is 0 Å². The van der Waals surface area contributed by atoms with Crippen molar-refractivity contribution in [1.29, 1.82) is 0 Å². The number of phenolic OH excluding ortho intramolecular Hbond substituents is 2. The highest BCUT2D eigenvalue weighted by atomic mass is 32.1. The van der Waals surface area contributed by atoms with Crippen molar-refractivity contribution in [3.8, 4) is 17.2 Å². The zero-order valence-electron chi connectivity index (χ0n) is 12.7. The molecule has 0 atom stereocenters. The van der Waals surface area contributed by atoms with E-state index in [0.717, 1.165) is 30.9 Å². The number of thiophene rings is 1. The second kappa shape index (κ2) is 5.81. The summed E-state index contributed by atoms with van der Waals surface area (Å²) in [6.07, 6.45) is 3.80. The first-order valence-corrected chi connectivity index (χ1v) is 8.90. The number of fused-ring (bicyclic) bond motifs is 3. The van der Waals surface area contributed by atoms with Gasteiger partial charge in [0.1, 0.15) is 10.8 Å². The van der Waals surface area contributed by atoms with Crippen LogP contribution in [0.25, 0.3) is 32.5 Å². The van der Waals surface area contributed by atoms with E-state index in [1.165, 1.54) is 18.4 Å². The molecule has 0 unspecified atom stereocenters. The molecule has 0 aliphatic carbocycles. The number of ether oxygens (including phenoxy) is 1. The first kappa shape index (κ1) is 15.0. The molecule has 2 aromatic heterocycles. The van der Waals surface area contributed by atoms with Crippen molar-refractivity contribution >= 4 is 55.1 Å². The Kier molecular flexibility index (Phi) is 3.63. The summed E-state index contributed by atoms with van der Waals surface area (Å²) in [5.74, 6) is 0.842. The molecule has 0 fully saturated rings. The predicted molar refractivity (Wildman–Crippen MR) is 100 cm³/mol. The maximum absolute atomic E-state index is 10.1. The molecule has 24 heavy (non-hydrogen) atoms. The third kappa shape index (κ3) is 2.50. The average Bonchev–Trinajstić information content (AvgIpc) is 3.19. The number of rotatable bonds is 3. The van der Waals surface area contributed by atoms with E-state index in [1.54, 1.807) is 29.5 Å². The highest BCUT2D eigenvalue weighted by Crippen LogP contribution is 2.38. The zero-order valence-corrected chi connectivity index (χ0v) is 14.3. The Bertz CT molecular complexity index is 1080. The van der Waals surface area contributed by atoms with E-state index < -0.39 is 0 Å². The number of aromatic nitrogens is 1. The Hall–Kier alpha value is -2.57. The minimum Gasteiger partial charge on any atom is -0.507 e. The maximum Gasteiger partial charge on any atom is 0.160 e. The average molecular weight is 355 g/mol. The summed E-state index contributed by atoms with van der Waals surface area (Å²) in [4.78, 5) is 4.67. The maximum atomic E-state index is 10.1. The van der Waals surface area contributed by atoms with E-state index in [2.05, 4.69) is 4.98 Å². The fourth-order valence-corrected chi connectivity index (χ4v) is 4.44. The fourth-order valence-electron chi connectivity index (χ4n) is 2.56. The van der Waals surface area contributed by atoms with E-state index in [1.807, 2.05) is 29.7 Å². The molecule has 0 amide bonds. The summed E-state index contributed by atoms with van der Waals surface area (Å²) in [6.45, 7) is 0. The molecule has 0 saturated carbocycles. The quantitative estimate of drug-likeness (QED) is 0.537. The molecular weight excluding hydrogens is 342 g/mol. The van der Waals surface area contributed by atoms with Gasteiger partial charge in [-0.1, -0.05) is 12.1 Å². The second-order valence-corrected chi connectivity index (χ2v) is 7.20. The summed E-state index contributed by atoms with van der Waals surface area (Å²) in [5.41, 5.74) is 1.77.